The number of aryl methyl sites for hydroxylation is 1. The first kappa shape index (κ1) is 14.9. The summed E-state index contributed by atoms with van der Waals surface area (Å²) in [5, 5.41) is 0.469. The van der Waals surface area contributed by atoms with Gasteiger partial charge in [-0.25, -0.2) is 9.97 Å². The normalized spacial score (nSPS) is 12.8. The SMILES string of the molecule is CCCc1nc(C(CCC)OC)nc(Cl)c1Br. The maximum Gasteiger partial charge on any atom is 0.159 e. The van der Waals surface area contributed by atoms with Gasteiger partial charge in [-0.2, -0.15) is 0 Å². The minimum atomic E-state index is -0.0683. The molecular weight excluding hydrogens is 304 g/mol. The summed E-state index contributed by atoms with van der Waals surface area (Å²) in [5.41, 5.74) is 0.959. The Labute approximate surface area is 116 Å². The van der Waals surface area contributed by atoms with E-state index in [0.717, 1.165) is 35.8 Å². The first-order chi connectivity index (χ1) is 8.13. The predicted octanol–water partition coefficient (Wildman–Crippen LogP) is 4.33. The van der Waals surface area contributed by atoms with E-state index in [1.165, 1.54) is 0 Å². The Kier molecular flexibility index (Phi) is 6.38. The van der Waals surface area contributed by atoms with Crippen molar-refractivity contribution in [1.29, 1.82) is 0 Å². The van der Waals surface area contributed by atoms with E-state index in [0.29, 0.717) is 11.0 Å². The molecule has 0 saturated carbocycles. The van der Waals surface area contributed by atoms with E-state index in [1.54, 1.807) is 7.11 Å². The molecule has 0 amide bonds. The Bertz CT molecular complexity index is 374. The molecule has 1 aromatic rings. The van der Waals surface area contributed by atoms with Crippen molar-refractivity contribution in [3.8, 4) is 0 Å². The van der Waals surface area contributed by atoms with Crippen LogP contribution in [0.4, 0.5) is 0 Å². The van der Waals surface area contributed by atoms with Crippen molar-refractivity contribution in [3.63, 3.8) is 0 Å². The van der Waals surface area contributed by atoms with Crippen LogP contribution in [0.5, 0.6) is 0 Å². The molecule has 0 aliphatic rings. The van der Waals surface area contributed by atoms with Crippen molar-refractivity contribution in [2.75, 3.05) is 7.11 Å². The molecule has 5 heteroatoms. The molecule has 0 aliphatic carbocycles. The molecular formula is C12H18BrClN2O. The Balaban J connectivity index is 3.07. The molecule has 17 heavy (non-hydrogen) atoms. The Hall–Kier alpha value is -0.190. The Morgan fingerprint density at radius 2 is 2.00 bits per heavy atom. The lowest BCUT2D eigenvalue weighted by molar-refractivity contribution is 0.0873. The van der Waals surface area contributed by atoms with Crippen molar-refractivity contribution < 1.29 is 4.74 Å². The van der Waals surface area contributed by atoms with Gasteiger partial charge in [0.1, 0.15) is 11.3 Å². The van der Waals surface area contributed by atoms with Crippen LogP contribution < -0.4 is 0 Å². The molecule has 3 nitrogen and oxygen atoms in total. The summed E-state index contributed by atoms with van der Waals surface area (Å²) >= 11 is 9.53. The van der Waals surface area contributed by atoms with Gasteiger partial charge in [0, 0.05) is 7.11 Å². The van der Waals surface area contributed by atoms with Crippen LogP contribution >= 0.6 is 27.5 Å². The van der Waals surface area contributed by atoms with E-state index in [-0.39, 0.29) is 6.10 Å². The zero-order valence-electron chi connectivity index (χ0n) is 10.5. The number of methoxy groups -OCH3 is 1. The van der Waals surface area contributed by atoms with Crippen LogP contribution in [-0.2, 0) is 11.2 Å². The molecule has 0 radical (unpaired) electrons. The van der Waals surface area contributed by atoms with E-state index in [2.05, 4.69) is 39.7 Å². The summed E-state index contributed by atoms with van der Waals surface area (Å²) in [6.07, 6.45) is 3.77. The Morgan fingerprint density at radius 3 is 2.53 bits per heavy atom. The van der Waals surface area contributed by atoms with Gasteiger partial charge in [-0.05, 0) is 28.8 Å². The van der Waals surface area contributed by atoms with Crippen LogP contribution in [0, 0.1) is 0 Å². The van der Waals surface area contributed by atoms with Crippen LogP contribution in [0.3, 0.4) is 0 Å². The van der Waals surface area contributed by atoms with Gasteiger partial charge in [-0.3, -0.25) is 0 Å². The van der Waals surface area contributed by atoms with E-state index < -0.39 is 0 Å². The number of hydrogen-bond acceptors (Lipinski definition) is 3. The average Bonchev–Trinajstić information content (AvgIpc) is 2.32. The standard InChI is InChI=1S/C12H18BrClN2O/c1-4-6-8-10(13)11(14)16-12(15-8)9(17-3)7-5-2/h9H,4-7H2,1-3H3. The third-order valence-electron chi connectivity index (χ3n) is 2.51. The Morgan fingerprint density at radius 1 is 1.29 bits per heavy atom. The maximum absolute atomic E-state index is 6.10. The van der Waals surface area contributed by atoms with Gasteiger partial charge in [0.05, 0.1) is 10.2 Å². The highest BCUT2D eigenvalue weighted by Crippen LogP contribution is 2.28. The average molecular weight is 322 g/mol. The van der Waals surface area contributed by atoms with Gasteiger partial charge in [0.25, 0.3) is 0 Å². The third-order valence-corrected chi connectivity index (χ3v) is 3.84. The molecule has 0 bridgehead atoms. The quantitative estimate of drug-likeness (QED) is 0.731. The second kappa shape index (κ2) is 7.29. The lowest BCUT2D eigenvalue weighted by Gasteiger charge is -2.15. The van der Waals surface area contributed by atoms with Crippen LogP contribution in [0.1, 0.15) is 50.7 Å². The zero-order valence-corrected chi connectivity index (χ0v) is 12.8. The molecule has 0 spiro atoms. The van der Waals surface area contributed by atoms with Gasteiger partial charge in [-0.15, -0.1) is 0 Å². The number of rotatable bonds is 6. The number of nitrogens with zero attached hydrogens (tertiary/aromatic N) is 2. The van der Waals surface area contributed by atoms with Crippen LogP contribution in [0.15, 0.2) is 4.47 Å². The monoisotopic (exact) mass is 320 g/mol. The van der Waals surface area contributed by atoms with Gasteiger partial charge in [-0.1, -0.05) is 38.3 Å². The lowest BCUT2D eigenvalue weighted by atomic mass is 10.2. The lowest BCUT2D eigenvalue weighted by Crippen LogP contribution is -2.09. The number of hydrogen-bond donors (Lipinski definition) is 0. The summed E-state index contributed by atoms with van der Waals surface area (Å²) in [6, 6.07) is 0. The van der Waals surface area contributed by atoms with Crippen LogP contribution in [-0.4, -0.2) is 17.1 Å². The summed E-state index contributed by atoms with van der Waals surface area (Å²) < 4.78 is 6.21. The summed E-state index contributed by atoms with van der Waals surface area (Å²) in [5.74, 6) is 0.686. The molecule has 0 saturated heterocycles. The van der Waals surface area contributed by atoms with Crippen molar-refractivity contribution in [1.82, 2.24) is 9.97 Å². The smallest absolute Gasteiger partial charge is 0.159 e. The molecule has 1 rings (SSSR count). The van der Waals surface area contributed by atoms with Gasteiger partial charge >= 0.3 is 0 Å². The number of ether oxygens (including phenoxy) is 1. The maximum atomic E-state index is 6.10. The first-order valence-electron chi connectivity index (χ1n) is 5.88. The summed E-state index contributed by atoms with van der Waals surface area (Å²) in [7, 11) is 1.68. The first-order valence-corrected chi connectivity index (χ1v) is 7.05. The van der Waals surface area contributed by atoms with E-state index in [4.69, 9.17) is 16.3 Å². The second-order valence-corrected chi connectivity index (χ2v) is 5.05. The van der Waals surface area contributed by atoms with Crippen LogP contribution in [0.25, 0.3) is 0 Å². The molecule has 0 aromatic carbocycles. The predicted molar refractivity (Wildman–Crippen MR) is 73.4 cm³/mol. The van der Waals surface area contributed by atoms with E-state index >= 15 is 0 Å². The molecule has 1 heterocycles. The van der Waals surface area contributed by atoms with Crippen molar-refractivity contribution in [2.24, 2.45) is 0 Å². The van der Waals surface area contributed by atoms with Gasteiger partial charge in [0.15, 0.2) is 5.82 Å². The highest BCUT2D eigenvalue weighted by Gasteiger charge is 2.17. The van der Waals surface area contributed by atoms with Crippen LogP contribution in [0.2, 0.25) is 5.15 Å². The fourth-order valence-electron chi connectivity index (χ4n) is 1.64. The summed E-state index contributed by atoms with van der Waals surface area (Å²) in [6.45, 7) is 4.22. The third kappa shape index (κ3) is 3.90. The minimum absolute atomic E-state index is 0.0683. The highest BCUT2D eigenvalue weighted by molar-refractivity contribution is 9.10. The van der Waals surface area contributed by atoms with Crippen molar-refractivity contribution in [2.45, 2.75) is 45.6 Å². The highest BCUT2D eigenvalue weighted by atomic mass is 79.9. The zero-order chi connectivity index (χ0) is 12.8. The molecule has 0 fully saturated rings. The van der Waals surface area contributed by atoms with Crippen molar-refractivity contribution in [3.05, 3.63) is 21.1 Å². The van der Waals surface area contributed by atoms with E-state index in [1.807, 2.05) is 0 Å². The van der Waals surface area contributed by atoms with Gasteiger partial charge in [0.2, 0.25) is 0 Å². The topological polar surface area (TPSA) is 35.0 Å². The van der Waals surface area contributed by atoms with Crippen molar-refractivity contribution >= 4 is 27.5 Å². The fraction of sp³-hybridized carbons (Fsp3) is 0.667. The number of halogens is 2. The number of aromatic nitrogens is 2. The molecule has 1 atom stereocenters. The van der Waals surface area contributed by atoms with E-state index in [9.17, 15) is 0 Å². The second-order valence-electron chi connectivity index (χ2n) is 3.90. The fourth-order valence-corrected chi connectivity index (χ4v) is 2.21. The largest absolute Gasteiger partial charge is 0.373 e. The van der Waals surface area contributed by atoms with Gasteiger partial charge < -0.3 is 4.74 Å². The molecule has 96 valence electrons. The minimum Gasteiger partial charge on any atom is -0.373 e. The molecule has 1 unspecified atom stereocenters. The molecule has 1 aromatic heterocycles. The molecule has 0 aliphatic heterocycles. The molecule has 0 N–H and O–H groups in total. The summed E-state index contributed by atoms with van der Waals surface area (Å²) in [4.78, 5) is 8.83.